The molecule has 1 amide bonds. The fourth-order valence-corrected chi connectivity index (χ4v) is 3.66. The molecule has 0 saturated heterocycles. The van der Waals surface area contributed by atoms with E-state index < -0.39 is 11.9 Å². The van der Waals surface area contributed by atoms with Gasteiger partial charge in [0.1, 0.15) is 6.04 Å². The fourth-order valence-electron chi connectivity index (χ4n) is 3.66. The number of carbonyl (C=O) groups excluding carboxylic acids is 1. The summed E-state index contributed by atoms with van der Waals surface area (Å²) in [5.41, 5.74) is 8.18. The molecule has 2 aromatic heterocycles. The van der Waals surface area contributed by atoms with Gasteiger partial charge in [-0.25, -0.2) is 4.68 Å². The molecular formula is C21H22N6O4. The summed E-state index contributed by atoms with van der Waals surface area (Å²) < 4.78 is 18.0. The molecule has 0 aliphatic carbocycles. The van der Waals surface area contributed by atoms with Crippen LogP contribution >= 0.6 is 0 Å². The van der Waals surface area contributed by atoms with Crippen LogP contribution < -0.4 is 25.3 Å². The second-order valence-corrected chi connectivity index (χ2v) is 6.83. The topological polar surface area (TPSA) is 126 Å². The average molecular weight is 422 g/mol. The van der Waals surface area contributed by atoms with Crippen molar-refractivity contribution in [3.63, 3.8) is 0 Å². The predicted molar refractivity (Wildman–Crippen MR) is 113 cm³/mol. The number of benzene rings is 1. The number of pyridine rings is 1. The predicted octanol–water partition coefficient (Wildman–Crippen LogP) is 2.14. The van der Waals surface area contributed by atoms with Crippen LogP contribution in [-0.2, 0) is 4.79 Å². The Morgan fingerprint density at radius 3 is 2.29 bits per heavy atom. The first-order valence-electron chi connectivity index (χ1n) is 9.43. The monoisotopic (exact) mass is 422 g/mol. The molecule has 4 rings (SSSR count). The molecule has 3 aromatic rings. The maximum Gasteiger partial charge on any atom is 0.248 e. The van der Waals surface area contributed by atoms with E-state index in [9.17, 15) is 4.79 Å². The lowest BCUT2D eigenvalue weighted by Crippen LogP contribution is -2.31. The van der Waals surface area contributed by atoms with E-state index in [0.29, 0.717) is 45.9 Å². The lowest BCUT2D eigenvalue weighted by molar-refractivity contribution is -0.115. The van der Waals surface area contributed by atoms with E-state index >= 15 is 0 Å². The number of methoxy groups -OCH3 is 3. The van der Waals surface area contributed by atoms with Crippen LogP contribution in [0.5, 0.6) is 17.2 Å². The van der Waals surface area contributed by atoms with E-state index in [1.165, 1.54) is 21.3 Å². The molecule has 1 unspecified atom stereocenters. The highest BCUT2D eigenvalue weighted by Crippen LogP contribution is 2.43. The lowest BCUT2D eigenvalue weighted by atomic mass is 9.94. The van der Waals surface area contributed by atoms with Crippen LogP contribution in [0.4, 0.5) is 5.95 Å². The number of nitrogens with one attached hydrogen (secondary N) is 1. The number of nitrogens with two attached hydrogens (primary N) is 1. The van der Waals surface area contributed by atoms with Gasteiger partial charge in [-0.1, -0.05) is 0 Å². The zero-order chi connectivity index (χ0) is 22.1. The SMILES string of the molecule is COc1cc(C2C(C(N)=O)=C(C)Nc3nc(-c4ccncc4)nn32)cc(OC)c1OC. The average Bonchev–Trinajstić information content (AvgIpc) is 3.21. The molecule has 1 atom stereocenters. The van der Waals surface area contributed by atoms with Crippen LogP contribution in [0.15, 0.2) is 47.9 Å². The summed E-state index contributed by atoms with van der Waals surface area (Å²) in [4.78, 5) is 21.1. The Labute approximate surface area is 178 Å². The molecule has 1 aliphatic heterocycles. The van der Waals surface area contributed by atoms with Gasteiger partial charge in [-0.05, 0) is 36.8 Å². The minimum Gasteiger partial charge on any atom is -0.493 e. The third-order valence-corrected chi connectivity index (χ3v) is 5.06. The summed E-state index contributed by atoms with van der Waals surface area (Å²) in [7, 11) is 4.59. The van der Waals surface area contributed by atoms with E-state index in [4.69, 9.17) is 19.9 Å². The van der Waals surface area contributed by atoms with Crippen molar-refractivity contribution in [3.05, 3.63) is 53.5 Å². The fraction of sp³-hybridized carbons (Fsp3) is 0.238. The van der Waals surface area contributed by atoms with Crippen molar-refractivity contribution in [1.82, 2.24) is 19.7 Å². The number of hydrogen-bond acceptors (Lipinski definition) is 8. The summed E-state index contributed by atoms with van der Waals surface area (Å²) in [6.07, 6.45) is 3.33. The van der Waals surface area contributed by atoms with Gasteiger partial charge in [0.25, 0.3) is 0 Å². The maximum atomic E-state index is 12.4. The summed E-state index contributed by atoms with van der Waals surface area (Å²) >= 11 is 0. The maximum absolute atomic E-state index is 12.4. The summed E-state index contributed by atoms with van der Waals surface area (Å²) in [6.45, 7) is 1.77. The van der Waals surface area contributed by atoms with Gasteiger partial charge < -0.3 is 25.3 Å². The molecule has 0 bridgehead atoms. The molecule has 10 nitrogen and oxygen atoms in total. The second-order valence-electron chi connectivity index (χ2n) is 6.83. The number of anilines is 1. The van der Waals surface area contributed by atoms with Crippen molar-refractivity contribution in [2.24, 2.45) is 5.73 Å². The first kappa shape index (κ1) is 20.2. The highest BCUT2D eigenvalue weighted by atomic mass is 16.5. The number of ether oxygens (including phenoxy) is 3. The molecule has 31 heavy (non-hydrogen) atoms. The molecule has 0 radical (unpaired) electrons. The van der Waals surface area contributed by atoms with Gasteiger partial charge >= 0.3 is 0 Å². The van der Waals surface area contributed by atoms with Crippen LogP contribution in [0.25, 0.3) is 11.4 Å². The van der Waals surface area contributed by atoms with Crippen molar-refractivity contribution in [2.45, 2.75) is 13.0 Å². The Morgan fingerprint density at radius 1 is 1.10 bits per heavy atom. The normalized spacial score (nSPS) is 15.2. The van der Waals surface area contributed by atoms with Gasteiger partial charge in [-0.15, -0.1) is 5.10 Å². The van der Waals surface area contributed by atoms with Crippen LogP contribution in [0, 0.1) is 0 Å². The van der Waals surface area contributed by atoms with Crippen molar-refractivity contribution in [3.8, 4) is 28.6 Å². The molecule has 3 N–H and O–H groups in total. The van der Waals surface area contributed by atoms with Gasteiger partial charge in [-0.2, -0.15) is 4.98 Å². The van der Waals surface area contributed by atoms with E-state index in [1.807, 2.05) is 12.1 Å². The summed E-state index contributed by atoms with van der Waals surface area (Å²) in [5.74, 6) is 1.74. The summed E-state index contributed by atoms with van der Waals surface area (Å²) in [6, 6.07) is 6.51. The van der Waals surface area contributed by atoms with Crippen LogP contribution in [-0.4, -0.2) is 47.0 Å². The third-order valence-electron chi connectivity index (χ3n) is 5.06. The Kier molecular flexibility index (Phi) is 5.20. The van der Waals surface area contributed by atoms with Gasteiger partial charge in [0.2, 0.25) is 17.6 Å². The highest BCUT2D eigenvalue weighted by molar-refractivity contribution is 5.95. The van der Waals surface area contributed by atoms with Crippen molar-refractivity contribution in [1.29, 1.82) is 0 Å². The number of nitrogens with zero attached hydrogens (tertiary/aromatic N) is 4. The zero-order valence-electron chi connectivity index (χ0n) is 17.5. The Morgan fingerprint density at radius 2 is 1.74 bits per heavy atom. The number of hydrogen-bond donors (Lipinski definition) is 2. The molecule has 160 valence electrons. The molecule has 10 heteroatoms. The first-order valence-corrected chi connectivity index (χ1v) is 9.43. The van der Waals surface area contributed by atoms with Crippen LogP contribution in [0.1, 0.15) is 18.5 Å². The molecule has 1 aliphatic rings. The molecule has 3 heterocycles. The number of rotatable bonds is 6. The number of allylic oxidation sites excluding steroid dienone is 1. The van der Waals surface area contributed by atoms with E-state index in [-0.39, 0.29) is 0 Å². The molecule has 1 aromatic carbocycles. The first-order chi connectivity index (χ1) is 15.0. The largest absolute Gasteiger partial charge is 0.493 e. The minimum absolute atomic E-state index is 0.355. The Hall–Kier alpha value is -4.08. The van der Waals surface area contributed by atoms with Gasteiger partial charge in [-0.3, -0.25) is 9.78 Å². The number of aromatic nitrogens is 4. The minimum atomic E-state index is -0.648. The smallest absolute Gasteiger partial charge is 0.248 e. The Balaban J connectivity index is 1.94. The standard InChI is InChI=1S/C21H22N6O4/c1-11-16(19(22)28)17(13-9-14(29-2)18(31-4)15(10-13)30-3)27-21(24-11)25-20(26-27)12-5-7-23-8-6-12/h5-10,17H,1-4H3,(H2,22,28)(H,24,25,26). The van der Waals surface area contributed by atoms with Crippen molar-refractivity contribution in [2.75, 3.05) is 26.6 Å². The Bertz CT molecular complexity index is 1150. The van der Waals surface area contributed by atoms with Gasteiger partial charge in [0.05, 0.1) is 26.9 Å². The highest BCUT2D eigenvalue weighted by Gasteiger charge is 2.34. The number of primary amides is 1. The molecular weight excluding hydrogens is 400 g/mol. The number of fused-ring (bicyclic) bond motifs is 1. The lowest BCUT2D eigenvalue weighted by Gasteiger charge is -2.28. The van der Waals surface area contributed by atoms with Crippen LogP contribution in [0.2, 0.25) is 0 Å². The number of carbonyl (C=O) groups is 1. The summed E-state index contributed by atoms with van der Waals surface area (Å²) in [5, 5.41) is 7.79. The third kappa shape index (κ3) is 3.41. The van der Waals surface area contributed by atoms with E-state index in [1.54, 1.807) is 36.1 Å². The quantitative estimate of drug-likeness (QED) is 0.619. The van der Waals surface area contributed by atoms with E-state index in [2.05, 4.69) is 20.4 Å². The van der Waals surface area contributed by atoms with Crippen molar-refractivity contribution < 1.29 is 19.0 Å². The number of amides is 1. The van der Waals surface area contributed by atoms with Crippen molar-refractivity contribution >= 4 is 11.9 Å². The van der Waals surface area contributed by atoms with Gasteiger partial charge in [0, 0.05) is 23.7 Å². The zero-order valence-corrected chi connectivity index (χ0v) is 17.5. The second kappa shape index (κ2) is 7.98. The van der Waals surface area contributed by atoms with Gasteiger partial charge in [0.15, 0.2) is 17.3 Å². The van der Waals surface area contributed by atoms with Crippen LogP contribution in [0.3, 0.4) is 0 Å². The molecule has 0 fully saturated rings. The van der Waals surface area contributed by atoms with E-state index in [0.717, 1.165) is 5.56 Å². The molecule has 0 saturated carbocycles. The molecule has 0 spiro atoms.